The van der Waals surface area contributed by atoms with Crippen LogP contribution in [0.5, 0.6) is 5.75 Å². The molecule has 0 aliphatic carbocycles. The van der Waals surface area contributed by atoms with Crippen LogP contribution >= 0.6 is 11.8 Å². The van der Waals surface area contributed by atoms with Crippen LogP contribution in [0.3, 0.4) is 0 Å². The molecule has 1 N–H and O–H groups in total. The highest BCUT2D eigenvalue weighted by Crippen LogP contribution is 2.29. The number of methoxy groups -OCH3 is 1. The number of benzene rings is 3. The first-order valence-electron chi connectivity index (χ1n) is 10.1. The summed E-state index contributed by atoms with van der Waals surface area (Å²) in [5.74, 6) is 0.679. The fourth-order valence-corrected chi connectivity index (χ4v) is 3.98. The first kappa shape index (κ1) is 21.6. The average Bonchev–Trinajstić information content (AvgIpc) is 3.26. The molecule has 4 aromatic rings. The van der Waals surface area contributed by atoms with Crippen LogP contribution in [0.1, 0.15) is 12.5 Å². The molecule has 162 valence electrons. The summed E-state index contributed by atoms with van der Waals surface area (Å²) in [6.45, 7) is 2.35. The van der Waals surface area contributed by atoms with Gasteiger partial charge in [-0.2, -0.15) is 0 Å². The molecule has 7 nitrogen and oxygen atoms in total. The van der Waals surface area contributed by atoms with E-state index in [4.69, 9.17) is 4.74 Å². The summed E-state index contributed by atoms with van der Waals surface area (Å²) in [4.78, 5) is 12.9. The maximum Gasteiger partial charge on any atom is 0.237 e. The predicted octanol–water partition coefficient (Wildman–Crippen LogP) is 4.52. The molecule has 0 fully saturated rings. The highest BCUT2D eigenvalue weighted by molar-refractivity contribution is 8.00. The van der Waals surface area contributed by atoms with Crippen molar-refractivity contribution in [3.05, 3.63) is 84.4 Å². The van der Waals surface area contributed by atoms with Crippen LogP contribution in [0, 0.1) is 0 Å². The Morgan fingerprint density at radius 2 is 1.75 bits per heavy atom. The third kappa shape index (κ3) is 5.15. The standard InChI is InChI=1S/C24H23N5O2S/c1-17(23(30)25-22-11-7-6-10-21(22)19-8-4-3-5-9-19)32-24-26-27-28-29(24)16-18-12-14-20(31-2)15-13-18/h3-15,17H,16H2,1-2H3,(H,25,30). The van der Waals surface area contributed by atoms with Gasteiger partial charge in [-0.15, -0.1) is 5.10 Å². The van der Waals surface area contributed by atoms with Crippen molar-refractivity contribution in [1.29, 1.82) is 0 Å². The second-order valence-electron chi connectivity index (χ2n) is 7.13. The molecular formula is C24H23N5O2S. The number of ether oxygens (including phenoxy) is 1. The molecule has 0 spiro atoms. The number of amides is 1. The number of rotatable bonds is 8. The minimum Gasteiger partial charge on any atom is -0.497 e. The van der Waals surface area contributed by atoms with Crippen molar-refractivity contribution in [3.8, 4) is 16.9 Å². The molecule has 4 rings (SSSR count). The van der Waals surface area contributed by atoms with E-state index in [1.165, 1.54) is 11.8 Å². The summed E-state index contributed by atoms with van der Waals surface area (Å²) in [6, 6.07) is 25.5. The van der Waals surface area contributed by atoms with Crippen molar-refractivity contribution >= 4 is 23.4 Å². The molecule has 0 radical (unpaired) electrons. The molecule has 1 unspecified atom stereocenters. The normalized spacial score (nSPS) is 11.7. The quantitative estimate of drug-likeness (QED) is 0.402. The minimum atomic E-state index is -0.389. The molecule has 32 heavy (non-hydrogen) atoms. The Balaban J connectivity index is 1.44. The van der Waals surface area contributed by atoms with Gasteiger partial charge in [0.2, 0.25) is 11.1 Å². The Kier molecular flexibility index (Phi) is 6.81. The smallest absolute Gasteiger partial charge is 0.237 e. The van der Waals surface area contributed by atoms with Gasteiger partial charge in [0.25, 0.3) is 0 Å². The van der Waals surface area contributed by atoms with Gasteiger partial charge in [-0.1, -0.05) is 72.4 Å². The monoisotopic (exact) mass is 445 g/mol. The molecule has 1 amide bonds. The summed E-state index contributed by atoms with van der Waals surface area (Å²) in [6.07, 6.45) is 0. The van der Waals surface area contributed by atoms with Crippen molar-refractivity contribution < 1.29 is 9.53 Å². The molecule has 1 aromatic heterocycles. The Bertz CT molecular complexity index is 1180. The zero-order valence-corrected chi connectivity index (χ0v) is 18.6. The second-order valence-corrected chi connectivity index (χ2v) is 8.44. The Morgan fingerprint density at radius 3 is 2.50 bits per heavy atom. The predicted molar refractivity (Wildman–Crippen MR) is 126 cm³/mol. The molecule has 0 bridgehead atoms. The number of nitrogens with zero attached hydrogens (tertiary/aromatic N) is 4. The number of nitrogens with one attached hydrogen (secondary N) is 1. The lowest BCUT2D eigenvalue weighted by atomic mass is 10.0. The van der Waals surface area contributed by atoms with E-state index < -0.39 is 0 Å². The molecule has 8 heteroatoms. The zero-order valence-electron chi connectivity index (χ0n) is 17.8. The summed E-state index contributed by atoms with van der Waals surface area (Å²) in [7, 11) is 1.63. The van der Waals surface area contributed by atoms with Crippen LogP contribution in [-0.2, 0) is 11.3 Å². The maximum absolute atomic E-state index is 12.9. The number of tetrazole rings is 1. The van der Waals surface area contributed by atoms with Crippen molar-refractivity contribution in [3.63, 3.8) is 0 Å². The van der Waals surface area contributed by atoms with Crippen LogP contribution in [-0.4, -0.2) is 38.5 Å². The van der Waals surface area contributed by atoms with Crippen molar-refractivity contribution in [2.24, 2.45) is 0 Å². The van der Waals surface area contributed by atoms with Crippen LogP contribution in [0.15, 0.2) is 84.0 Å². The molecule has 1 atom stereocenters. The fraction of sp³-hybridized carbons (Fsp3) is 0.167. The lowest BCUT2D eigenvalue weighted by molar-refractivity contribution is -0.115. The van der Waals surface area contributed by atoms with Crippen LogP contribution in [0.2, 0.25) is 0 Å². The van der Waals surface area contributed by atoms with Gasteiger partial charge in [0.15, 0.2) is 0 Å². The lowest BCUT2D eigenvalue weighted by Gasteiger charge is -2.15. The Labute approximate surface area is 190 Å². The Hall–Kier alpha value is -3.65. The summed E-state index contributed by atoms with van der Waals surface area (Å²) < 4.78 is 6.89. The Morgan fingerprint density at radius 1 is 1.03 bits per heavy atom. The number of carbonyl (C=O) groups is 1. The van der Waals surface area contributed by atoms with Crippen molar-refractivity contribution in [2.45, 2.75) is 23.9 Å². The molecule has 0 aliphatic rings. The van der Waals surface area contributed by atoms with E-state index in [0.717, 1.165) is 28.1 Å². The minimum absolute atomic E-state index is 0.114. The molecule has 0 saturated carbocycles. The highest BCUT2D eigenvalue weighted by Gasteiger charge is 2.20. The van der Waals surface area contributed by atoms with Crippen LogP contribution < -0.4 is 10.1 Å². The largest absolute Gasteiger partial charge is 0.497 e. The van der Waals surface area contributed by atoms with Gasteiger partial charge in [0.05, 0.1) is 18.9 Å². The summed E-state index contributed by atoms with van der Waals surface area (Å²) >= 11 is 1.32. The number of carbonyl (C=O) groups excluding carboxylic acids is 1. The van der Waals surface area contributed by atoms with E-state index in [1.54, 1.807) is 11.8 Å². The molecule has 0 saturated heterocycles. The number of hydrogen-bond donors (Lipinski definition) is 1. The molecule has 1 heterocycles. The third-order valence-electron chi connectivity index (χ3n) is 4.91. The van der Waals surface area contributed by atoms with Gasteiger partial charge in [0, 0.05) is 11.3 Å². The van der Waals surface area contributed by atoms with E-state index in [2.05, 4.69) is 20.8 Å². The van der Waals surface area contributed by atoms with E-state index in [0.29, 0.717) is 11.7 Å². The summed E-state index contributed by atoms with van der Waals surface area (Å²) in [5.41, 5.74) is 3.83. The number of aromatic nitrogens is 4. The van der Waals surface area contributed by atoms with E-state index in [9.17, 15) is 4.79 Å². The highest BCUT2D eigenvalue weighted by atomic mass is 32.2. The number of para-hydroxylation sites is 1. The lowest BCUT2D eigenvalue weighted by Crippen LogP contribution is -2.23. The topological polar surface area (TPSA) is 81.9 Å². The van der Waals surface area contributed by atoms with E-state index in [-0.39, 0.29) is 11.2 Å². The van der Waals surface area contributed by atoms with Crippen LogP contribution in [0.4, 0.5) is 5.69 Å². The first-order valence-corrected chi connectivity index (χ1v) is 11.0. The zero-order chi connectivity index (χ0) is 22.3. The number of hydrogen-bond acceptors (Lipinski definition) is 6. The van der Waals surface area contributed by atoms with Gasteiger partial charge in [-0.25, -0.2) is 4.68 Å². The fourth-order valence-electron chi connectivity index (χ4n) is 3.19. The van der Waals surface area contributed by atoms with E-state index >= 15 is 0 Å². The van der Waals surface area contributed by atoms with Crippen molar-refractivity contribution in [2.75, 3.05) is 12.4 Å². The summed E-state index contributed by atoms with van der Waals surface area (Å²) in [5, 5.41) is 15.2. The second kappa shape index (κ2) is 10.1. The number of thioether (sulfide) groups is 1. The van der Waals surface area contributed by atoms with Crippen molar-refractivity contribution in [1.82, 2.24) is 20.2 Å². The van der Waals surface area contributed by atoms with Gasteiger partial charge in [-0.3, -0.25) is 4.79 Å². The van der Waals surface area contributed by atoms with Gasteiger partial charge < -0.3 is 10.1 Å². The average molecular weight is 446 g/mol. The maximum atomic E-state index is 12.9. The van der Waals surface area contributed by atoms with Crippen LogP contribution in [0.25, 0.3) is 11.1 Å². The molecule has 0 aliphatic heterocycles. The SMILES string of the molecule is COc1ccc(Cn2nnnc2SC(C)C(=O)Nc2ccccc2-c2ccccc2)cc1. The van der Waals surface area contributed by atoms with Gasteiger partial charge in [-0.05, 0) is 46.7 Å². The van der Waals surface area contributed by atoms with Gasteiger partial charge >= 0.3 is 0 Å². The van der Waals surface area contributed by atoms with E-state index in [1.807, 2.05) is 85.8 Å². The number of anilines is 1. The molecular weight excluding hydrogens is 422 g/mol. The van der Waals surface area contributed by atoms with Gasteiger partial charge in [0.1, 0.15) is 5.75 Å². The molecule has 3 aromatic carbocycles. The third-order valence-corrected chi connectivity index (χ3v) is 5.98. The first-order chi connectivity index (χ1) is 15.6.